The number of aromatic nitrogens is 2. The molecule has 0 radical (unpaired) electrons. The Morgan fingerprint density at radius 3 is 2.06 bits per heavy atom. The van der Waals surface area contributed by atoms with Crippen LogP contribution in [0.15, 0.2) is 48.5 Å². The molecule has 0 spiro atoms. The van der Waals surface area contributed by atoms with Crippen LogP contribution in [0.1, 0.15) is 0 Å². The lowest BCUT2D eigenvalue weighted by atomic mass is 10.0. The second-order valence-corrected chi connectivity index (χ2v) is 4.44. The van der Waals surface area contributed by atoms with Crippen LogP contribution in [0, 0.1) is 0 Å². The number of nitrogens with two attached hydrogens (primary N) is 1. The fourth-order valence-corrected chi connectivity index (χ4v) is 2.64. The second kappa shape index (κ2) is 3.23. The summed E-state index contributed by atoms with van der Waals surface area (Å²) in [6, 6.07) is 16.6. The molecule has 1 aromatic heterocycles. The molecule has 1 heterocycles. The maximum Gasteiger partial charge on any atom is 0.198 e. The summed E-state index contributed by atoms with van der Waals surface area (Å²) in [5, 5.41) is 4.74. The van der Waals surface area contributed by atoms with E-state index in [9.17, 15) is 0 Å². The molecule has 0 atom stereocenters. The molecule has 3 N–H and O–H groups in total. The van der Waals surface area contributed by atoms with Crippen molar-refractivity contribution in [3.8, 4) is 0 Å². The first-order valence-electron chi connectivity index (χ1n) is 5.89. The van der Waals surface area contributed by atoms with Crippen LogP contribution in [-0.2, 0) is 0 Å². The minimum atomic E-state index is 0.464. The van der Waals surface area contributed by atoms with Gasteiger partial charge in [-0.05, 0) is 10.8 Å². The number of hydrogen-bond acceptors (Lipinski definition) is 2. The number of benzene rings is 3. The Bertz CT molecular complexity index is 817. The zero-order valence-electron chi connectivity index (χ0n) is 9.64. The van der Waals surface area contributed by atoms with Crippen LogP contribution in [0.25, 0.3) is 32.6 Å². The van der Waals surface area contributed by atoms with Gasteiger partial charge in [-0.2, -0.15) is 0 Å². The van der Waals surface area contributed by atoms with E-state index >= 15 is 0 Å². The van der Waals surface area contributed by atoms with E-state index in [1.807, 2.05) is 12.1 Å². The molecule has 0 saturated carbocycles. The van der Waals surface area contributed by atoms with Crippen LogP contribution in [-0.4, -0.2) is 9.97 Å². The summed E-state index contributed by atoms with van der Waals surface area (Å²) in [5.74, 6) is 0.464. The number of imidazole rings is 1. The van der Waals surface area contributed by atoms with E-state index in [0.29, 0.717) is 5.95 Å². The van der Waals surface area contributed by atoms with Crippen LogP contribution in [0.3, 0.4) is 0 Å². The van der Waals surface area contributed by atoms with Gasteiger partial charge in [0.15, 0.2) is 5.95 Å². The monoisotopic (exact) mass is 233 g/mol. The highest BCUT2D eigenvalue weighted by atomic mass is 15.0. The van der Waals surface area contributed by atoms with Crippen molar-refractivity contribution in [1.82, 2.24) is 9.97 Å². The first kappa shape index (κ1) is 9.48. The SMILES string of the molecule is Nc1nc2c3ccccc3c3ccccc3c2[nH]1. The molecule has 0 saturated heterocycles. The summed E-state index contributed by atoms with van der Waals surface area (Å²) in [4.78, 5) is 7.57. The van der Waals surface area contributed by atoms with Gasteiger partial charge in [0.05, 0.1) is 11.0 Å². The minimum absolute atomic E-state index is 0.464. The Morgan fingerprint density at radius 1 is 0.778 bits per heavy atom. The van der Waals surface area contributed by atoms with Gasteiger partial charge in [-0.3, -0.25) is 0 Å². The molecule has 4 aromatic rings. The van der Waals surface area contributed by atoms with Crippen LogP contribution in [0.4, 0.5) is 5.95 Å². The summed E-state index contributed by atoms with van der Waals surface area (Å²) in [7, 11) is 0. The average Bonchev–Trinajstić information content (AvgIpc) is 2.81. The van der Waals surface area contributed by atoms with Crippen molar-refractivity contribution < 1.29 is 0 Å². The number of nitrogens with one attached hydrogen (secondary N) is 1. The van der Waals surface area contributed by atoms with Crippen molar-refractivity contribution in [3.63, 3.8) is 0 Å². The molecule has 0 bridgehead atoms. The van der Waals surface area contributed by atoms with E-state index in [1.165, 1.54) is 10.8 Å². The third kappa shape index (κ3) is 1.10. The summed E-state index contributed by atoms with van der Waals surface area (Å²) in [5.41, 5.74) is 7.77. The number of aromatic amines is 1. The Balaban J connectivity index is 2.45. The Hall–Kier alpha value is -2.55. The highest BCUT2D eigenvalue weighted by Crippen LogP contribution is 2.33. The van der Waals surface area contributed by atoms with Gasteiger partial charge in [-0.1, -0.05) is 48.5 Å². The maximum atomic E-state index is 5.81. The van der Waals surface area contributed by atoms with Crippen molar-refractivity contribution in [1.29, 1.82) is 0 Å². The van der Waals surface area contributed by atoms with Crippen molar-refractivity contribution >= 4 is 38.5 Å². The number of rotatable bonds is 0. The number of nitrogen functional groups attached to an aromatic ring is 1. The number of H-pyrrole nitrogens is 1. The average molecular weight is 233 g/mol. The number of nitrogens with zero attached hydrogens (tertiary/aromatic N) is 1. The van der Waals surface area contributed by atoms with Crippen LogP contribution >= 0.6 is 0 Å². The molecular formula is C15H11N3. The molecule has 3 nitrogen and oxygen atoms in total. The zero-order valence-corrected chi connectivity index (χ0v) is 9.64. The zero-order chi connectivity index (χ0) is 12.1. The molecule has 18 heavy (non-hydrogen) atoms. The molecule has 0 aliphatic heterocycles. The molecule has 0 unspecified atom stereocenters. The van der Waals surface area contributed by atoms with Gasteiger partial charge < -0.3 is 10.7 Å². The van der Waals surface area contributed by atoms with Crippen LogP contribution in [0.2, 0.25) is 0 Å². The van der Waals surface area contributed by atoms with Gasteiger partial charge >= 0.3 is 0 Å². The van der Waals surface area contributed by atoms with E-state index in [-0.39, 0.29) is 0 Å². The van der Waals surface area contributed by atoms with Gasteiger partial charge in [-0.25, -0.2) is 4.98 Å². The molecule has 86 valence electrons. The highest BCUT2D eigenvalue weighted by molar-refractivity contribution is 6.23. The molecule has 0 amide bonds. The van der Waals surface area contributed by atoms with Gasteiger partial charge in [0, 0.05) is 10.8 Å². The molecule has 4 rings (SSSR count). The standard InChI is InChI=1S/C15H11N3/c16-15-17-13-11-7-3-1-5-9(11)10-6-2-4-8-12(10)14(13)18-15/h1-8H,(H3,16,17,18). The Labute approximate surface area is 103 Å². The quantitative estimate of drug-likeness (QED) is 0.457. The summed E-state index contributed by atoms with van der Waals surface area (Å²) in [6.45, 7) is 0. The summed E-state index contributed by atoms with van der Waals surface area (Å²) >= 11 is 0. The lowest BCUT2D eigenvalue weighted by molar-refractivity contribution is 1.36. The first-order chi connectivity index (χ1) is 8.84. The Kier molecular flexibility index (Phi) is 1.70. The molecule has 3 heteroatoms. The lowest BCUT2D eigenvalue weighted by Crippen LogP contribution is -1.84. The second-order valence-electron chi connectivity index (χ2n) is 4.44. The van der Waals surface area contributed by atoms with E-state index in [4.69, 9.17) is 5.73 Å². The lowest BCUT2D eigenvalue weighted by Gasteiger charge is -2.05. The fraction of sp³-hybridized carbons (Fsp3) is 0. The van der Waals surface area contributed by atoms with Crippen molar-refractivity contribution in [2.45, 2.75) is 0 Å². The van der Waals surface area contributed by atoms with Crippen molar-refractivity contribution in [3.05, 3.63) is 48.5 Å². The normalized spacial score (nSPS) is 11.6. The van der Waals surface area contributed by atoms with Gasteiger partial charge in [0.2, 0.25) is 0 Å². The van der Waals surface area contributed by atoms with Crippen molar-refractivity contribution in [2.75, 3.05) is 5.73 Å². The minimum Gasteiger partial charge on any atom is -0.369 e. The Morgan fingerprint density at radius 2 is 1.33 bits per heavy atom. The van der Waals surface area contributed by atoms with Gasteiger partial charge in [0.1, 0.15) is 0 Å². The van der Waals surface area contributed by atoms with E-state index in [1.54, 1.807) is 0 Å². The third-order valence-corrected chi connectivity index (χ3v) is 3.39. The largest absolute Gasteiger partial charge is 0.369 e. The van der Waals surface area contributed by atoms with E-state index in [0.717, 1.165) is 21.8 Å². The van der Waals surface area contributed by atoms with Crippen LogP contribution < -0.4 is 5.73 Å². The topological polar surface area (TPSA) is 54.7 Å². The first-order valence-corrected chi connectivity index (χ1v) is 5.89. The van der Waals surface area contributed by atoms with Gasteiger partial charge in [0.25, 0.3) is 0 Å². The predicted octanol–water partition coefficient (Wildman–Crippen LogP) is 3.45. The fourth-order valence-electron chi connectivity index (χ4n) is 2.64. The summed E-state index contributed by atoms with van der Waals surface area (Å²) < 4.78 is 0. The molecule has 0 aliphatic rings. The molecule has 3 aromatic carbocycles. The number of anilines is 1. The molecular weight excluding hydrogens is 222 g/mol. The van der Waals surface area contributed by atoms with Gasteiger partial charge in [-0.15, -0.1) is 0 Å². The number of fused-ring (bicyclic) bond motifs is 6. The molecule has 0 fully saturated rings. The highest BCUT2D eigenvalue weighted by Gasteiger charge is 2.10. The maximum absolute atomic E-state index is 5.81. The molecule has 0 aliphatic carbocycles. The predicted molar refractivity (Wildman–Crippen MR) is 75.5 cm³/mol. The van der Waals surface area contributed by atoms with E-state index in [2.05, 4.69) is 46.4 Å². The smallest absolute Gasteiger partial charge is 0.198 e. The third-order valence-electron chi connectivity index (χ3n) is 3.39. The summed E-state index contributed by atoms with van der Waals surface area (Å²) in [6.07, 6.45) is 0. The van der Waals surface area contributed by atoms with Crippen molar-refractivity contribution in [2.24, 2.45) is 0 Å². The van der Waals surface area contributed by atoms with E-state index < -0.39 is 0 Å². The van der Waals surface area contributed by atoms with Crippen LogP contribution in [0.5, 0.6) is 0 Å². The number of hydrogen-bond donors (Lipinski definition) is 2.